The molecule has 13 heavy (non-hydrogen) atoms. The van der Waals surface area contributed by atoms with Gasteiger partial charge in [0.05, 0.1) is 0 Å². The number of nitrogens with two attached hydrogens (primary N) is 1. The van der Waals surface area contributed by atoms with Crippen molar-refractivity contribution in [3.05, 3.63) is 34.4 Å². The molecule has 1 atom stereocenters. The third-order valence-electron chi connectivity index (χ3n) is 2.99. The quantitative estimate of drug-likeness (QED) is 0.644. The molecule has 0 spiro atoms. The number of rotatable bonds is 0. The van der Waals surface area contributed by atoms with Gasteiger partial charge in [0.25, 0.3) is 0 Å². The van der Waals surface area contributed by atoms with E-state index in [0.717, 1.165) is 6.42 Å². The highest BCUT2D eigenvalue weighted by molar-refractivity contribution is 5.41. The first-order valence-corrected chi connectivity index (χ1v) is 5.04. The molecule has 70 valence electrons. The fourth-order valence-corrected chi connectivity index (χ4v) is 2.36. The van der Waals surface area contributed by atoms with Crippen molar-refractivity contribution in [3.63, 3.8) is 0 Å². The third-order valence-corrected chi connectivity index (χ3v) is 2.99. The van der Waals surface area contributed by atoms with E-state index in [9.17, 15) is 0 Å². The van der Waals surface area contributed by atoms with Crippen LogP contribution in [0.2, 0.25) is 0 Å². The summed E-state index contributed by atoms with van der Waals surface area (Å²) in [5.41, 5.74) is 11.7. The average Bonchev–Trinajstić information content (AvgIpc) is 2.07. The maximum atomic E-state index is 6.08. The van der Waals surface area contributed by atoms with Crippen LogP contribution in [0, 0.1) is 13.8 Å². The fraction of sp³-hybridized carbons (Fsp3) is 0.500. The molecule has 0 aliphatic heterocycles. The molecule has 0 aromatic heterocycles. The lowest BCUT2D eigenvalue weighted by atomic mass is 9.84. The SMILES string of the molecule is Cc1cc(C)c2c(c1)[C@H](N)CCC2. The fourth-order valence-electron chi connectivity index (χ4n) is 2.36. The van der Waals surface area contributed by atoms with Crippen LogP contribution in [0.5, 0.6) is 0 Å². The van der Waals surface area contributed by atoms with E-state index in [4.69, 9.17) is 5.73 Å². The zero-order valence-electron chi connectivity index (χ0n) is 8.43. The molecule has 0 amide bonds. The van der Waals surface area contributed by atoms with Gasteiger partial charge in [0.15, 0.2) is 0 Å². The smallest absolute Gasteiger partial charge is 0.0297 e. The Morgan fingerprint density at radius 3 is 2.85 bits per heavy atom. The second kappa shape index (κ2) is 3.15. The molecule has 2 rings (SSSR count). The molecule has 0 heterocycles. The number of benzene rings is 1. The summed E-state index contributed by atoms with van der Waals surface area (Å²) in [4.78, 5) is 0. The topological polar surface area (TPSA) is 26.0 Å². The van der Waals surface area contributed by atoms with Gasteiger partial charge in [0.1, 0.15) is 0 Å². The molecule has 1 nitrogen and oxygen atoms in total. The molecule has 0 fully saturated rings. The zero-order valence-corrected chi connectivity index (χ0v) is 8.43. The van der Waals surface area contributed by atoms with E-state index in [2.05, 4.69) is 26.0 Å². The molecular formula is C12H17N. The van der Waals surface area contributed by atoms with E-state index in [0.29, 0.717) is 0 Å². The first-order valence-electron chi connectivity index (χ1n) is 5.04. The Hall–Kier alpha value is -0.820. The van der Waals surface area contributed by atoms with Gasteiger partial charge in [-0.15, -0.1) is 0 Å². The minimum absolute atomic E-state index is 0.280. The van der Waals surface area contributed by atoms with Crippen LogP contribution in [-0.4, -0.2) is 0 Å². The van der Waals surface area contributed by atoms with E-state index in [1.807, 2.05) is 0 Å². The maximum Gasteiger partial charge on any atom is 0.0297 e. The van der Waals surface area contributed by atoms with Crippen LogP contribution >= 0.6 is 0 Å². The van der Waals surface area contributed by atoms with E-state index >= 15 is 0 Å². The van der Waals surface area contributed by atoms with Crippen LogP contribution in [0.4, 0.5) is 0 Å². The molecular weight excluding hydrogens is 158 g/mol. The Bertz CT molecular complexity index is 328. The minimum atomic E-state index is 0.280. The highest BCUT2D eigenvalue weighted by atomic mass is 14.6. The first-order chi connectivity index (χ1) is 6.18. The molecule has 0 saturated carbocycles. The Kier molecular flexibility index (Phi) is 2.12. The van der Waals surface area contributed by atoms with Gasteiger partial charge < -0.3 is 5.73 Å². The van der Waals surface area contributed by atoms with Gasteiger partial charge in [-0.25, -0.2) is 0 Å². The summed E-state index contributed by atoms with van der Waals surface area (Å²) < 4.78 is 0. The second-order valence-corrected chi connectivity index (χ2v) is 4.15. The van der Waals surface area contributed by atoms with Crippen molar-refractivity contribution >= 4 is 0 Å². The van der Waals surface area contributed by atoms with Crippen LogP contribution in [0.1, 0.15) is 41.1 Å². The van der Waals surface area contributed by atoms with Crippen LogP contribution in [-0.2, 0) is 6.42 Å². The van der Waals surface area contributed by atoms with Crippen LogP contribution in [0.25, 0.3) is 0 Å². The standard InChI is InChI=1S/C12H17N/c1-8-6-9(2)10-4-3-5-12(13)11(10)7-8/h6-7,12H,3-5,13H2,1-2H3/t12-/m1/s1. The molecule has 2 N–H and O–H groups in total. The van der Waals surface area contributed by atoms with Gasteiger partial charge >= 0.3 is 0 Å². The number of aryl methyl sites for hydroxylation is 2. The largest absolute Gasteiger partial charge is 0.324 e. The lowest BCUT2D eigenvalue weighted by Gasteiger charge is -2.24. The molecule has 0 saturated heterocycles. The lowest BCUT2D eigenvalue weighted by molar-refractivity contribution is 0.568. The van der Waals surface area contributed by atoms with Crippen LogP contribution < -0.4 is 5.73 Å². The van der Waals surface area contributed by atoms with Crippen molar-refractivity contribution in [1.29, 1.82) is 0 Å². The van der Waals surface area contributed by atoms with Crippen molar-refractivity contribution in [2.45, 2.75) is 39.2 Å². The maximum absolute atomic E-state index is 6.08. The van der Waals surface area contributed by atoms with Crippen molar-refractivity contribution in [2.24, 2.45) is 5.73 Å². The predicted octanol–water partition coefficient (Wildman–Crippen LogP) is 2.64. The van der Waals surface area contributed by atoms with Crippen LogP contribution in [0.3, 0.4) is 0 Å². The third kappa shape index (κ3) is 1.49. The number of fused-ring (bicyclic) bond motifs is 1. The normalized spacial score (nSPS) is 21.3. The molecule has 0 bridgehead atoms. The van der Waals surface area contributed by atoms with E-state index in [1.165, 1.54) is 35.1 Å². The Balaban J connectivity index is 2.56. The minimum Gasteiger partial charge on any atom is -0.324 e. The Morgan fingerprint density at radius 1 is 1.31 bits per heavy atom. The molecule has 0 radical (unpaired) electrons. The van der Waals surface area contributed by atoms with E-state index in [-0.39, 0.29) is 6.04 Å². The average molecular weight is 175 g/mol. The highest BCUT2D eigenvalue weighted by Gasteiger charge is 2.18. The van der Waals surface area contributed by atoms with Gasteiger partial charge in [-0.2, -0.15) is 0 Å². The summed E-state index contributed by atoms with van der Waals surface area (Å²) in [6.45, 7) is 4.35. The summed E-state index contributed by atoms with van der Waals surface area (Å²) in [7, 11) is 0. The predicted molar refractivity (Wildman–Crippen MR) is 55.8 cm³/mol. The van der Waals surface area contributed by atoms with Gasteiger partial charge in [0, 0.05) is 6.04 Å². The highest BCUT2D eigenvalue weighted by Crippen LogP contribution is 2.30. The summed E-state index contributed by atoms with van der Waals surface area (Å²) >= 11 is 0. The summed E-state index contributed by atoms with van der Waals surface area (Å²) in [5, 5.41) is 0. The van der Waals surface area contributed by atoms with Crippen molar-refractivity contribution in [3.8, 4) is 0 Å². The second-order valence-electron chi connectivity index (χ2n) is 4.15. The molecule has 1 heteroatoms. The van der Waals surface area contributed by atoms with Gasteiger partial charge in [0.2, 0.25) is 0 Å². The van der Waals surface area contributed by atoms with Crippen molar-refractivity contribution < 1.29 is 0 Å². The van der Waals surface area contributed by atoms with Gasteiger partial charge in [-0.1, -0.05) is 17.7 Å². The monoisotopic (exact) mass is 175 g/mol. The summed E-state index contributed by atoms with van der Waals surface area (Å²) in [5.74, 6) is 0. The van der Waals surface area contributed by atoms with Crippen LogP contribution in [0.15, 0.2) is 12.1 Å². The molecule has 1 aromatic rings. The van der Waals surface area contributed by atoms with E-state index < -0.39 is 0 Å². The molecule has 1 aliphatic carbocycles. The molecule has 1 aliphatic rings. The lowest BCUT2D eigenvalue weighted by Crippen LogP contribution is -2.18. The van der Waals surface area contributed by atoms with Crippen molar-refractivity contribution in [1.82, 2.24) is 0 Å². The first kappa shape index (κ1) is 8.76. The van der Waals surface area contributed by atoms with Gasteiger partial charge in [-0.3, -0.25) is 0 Å². The Labute approximate surface area is 80.0 Å². The van der Waals surface area contributed by atoms with Crippen molar-refractivity contribution in [2.75, 3.05) is 0 Å². The number of hydrogen-bond donors (Lipinski definition) is 1. The Morgan fingerprint density at radius 2 is 2.08 bits per heavy atom. The molecule has 1 aromatic carbocycles. The molecule has 0 unspecified atom stereocenters. The summed E-state index contributed by atoms with van der Waals surface area (Å²) in [6.07, 6.45) is 3.61. The number of hydrogen-bond acceptors (Lipinski definition) is 1. The van der Waals surface area contributed by atoms with Gasteiger partial charge in [-0.05, 0) is 49.8 Å². The van der Waals surface area contributed by atoms with E-state index in [1.54, 1.807) is 0 Å². The summed E-state index contributed by atoms with van der Waals surface area (Å²) in [6, 6.07) is 4.80. The zero-order chi connectivity index (χ0) is 9.42.